The van der Waals surface area contributed by atoms with Gasteiger partial charge in [0.2, 0.25) is 0 Å². The van der Waals surface area contributed by atoms with Gasteiger partial charge < -0.3 is 14.9 Å². The quantitative estimate of drug-likeness (QED) is 0.842. The number of rotatable bonds is 5. The minimum Gasteiger partial charge on any atom is -0.395 e. The average Bonchev–Trinajstić information content (AvgIpc) is 3.42. The molecule has 6 heteroatoms. The molecule has 6 nitrogen and oxygen atoms in total. The highest BCUT2D eigenvalue weighted by Gasteiger charge is 2.41. The van der Waals surface area contributed by atoms with Crippen LogP contribution in [0.2, 0.25) is 0 Å². The molecule has 0 spiro atoms. The van der Waals surface area contributed by atoms with Gasteiger partial charge in [-0.2, -0.15) is 0 Å². The number of aliphatic hydroxyl groups excluding tert-OH is 1. The van der Waals surface area contributed by atoms with E-state index in [4.69, 9.17) is 4.52 Å². The number of hydrogen-bond donors (Lipinski definition) is 2. The number of carbonyl (C=O) groups excluding carboxylic acids is 1. The normalized spacial score (nSPS) is 29.8. The number of aliphatic hydroxyl groups is 1. The highest BCUT2D eigenvalue weighted by Crippen LogP contribution is 2.40. The molecule has 1 aromatic heterocycles. The van der Waals surface area contributed by atoms with Crippen LogP contribution in [0, 0.1) is 0 Å². The molecular formula is C15H21N3O3. The maximum absolute atomic E-state index is 12.2. The van der Waals surface area contributed by atoms with E-state index >= 15 is 0 Å². The first-order valence-corrected chi connectivity index (χ1v) is 7.88. The first-order chi connectivity index (χ1) is 10.2. The molecule has 114 valence electrons. The zero-order valence-electron chi connectivity index (χ0n) is 12.0. The van der Waals surface area contributed by atoms with Gasteiger partial charge >= 0.3 is 0 Å². The number of nitrogens with one attached hydrogen (secondary N) is 1. The fourth-order valence-electron chi connectivity index (χ4n) is 3.30. The second-order valence-electron chi connectivity index (χ2n) is 6.56. The van der Waals surface area contributed by atoms with E-state index in [1.54, 1.807) is 6.07 Å². The van der Waals surface area contributed by atoms with E-state index in [0.29, 0.717) is 17.7 Å². The Kier molecular flexibility index (Phi) is 3.23. The average molecular weight is 291 g/mol. The van der Waals surface area contributed by atoms with Crippen LogP contribution in [0.15, 0.2) is 10.6 Å². The largest absolute Gasteiger partial charge is 0.395 e. The molecule has 2 heterocycles. The maximum Gasteiger partial charge on any atom is 0.273 e. The van der Waals surface area contributed by atoms with E-state index in [1.165, 1.54) is 12.8 Å². The molecule has 2 saturated carbocycles. The number of nitrogens with zero attached hydrogens (tertiary/aromatic N) is 2. The first-order valence-electron chi connectivity index (χ1n) is 7.88. The van der Waals surface area contributed by atoms with E-state index in [2.05, 4.69) is 15.4 Å². The van der Waals surface area contributed by atoms with Crippen molar-refractivity contribution in [3.8, 4) is 0 Å². The van der Waals surface area contributed by atoms with Crippen LogP contribution in [0.25, 0.3) is 0 Å². The molecule has 4 rings (SSSR count). The lowest BCUT2D eigenvalue weighted by Crippen LogP contribution is -2.38. The third kappa shape index (κ3) is 2.70. The predicted octanol–water partition coefficient (Wildman–Crippen LogP) is 0.879. The molecular weight excluding hydrogens is 270 g/mol. The van der Waals surface area contributed by atoms with Crippen LogP contribution in [-0.4, -0.2) is 52.3 Å². The Morgan fingerprint density at radius 1 is 1.43 bits per heavy atom. The Bertz CT molecular complexity index is 536. The van der Waals surface area contributed by atoms with Gasteiger partial charge in [0.1, 0.15) is 5.76 Å². The van der Waals surface area contributed by atoms with Gasteiger partial charge in [-0.15, -0.1) is 0 Å². The zero-order valence-corrected chi connectivity index (χ0v) is 12.0. The van der Waals surface area contributed by atoms with Crippen molar-refractivity contribution in [3.05, 3.63) is 17.5 Å². The molecule has 0 radical (unpaired) electrons. The highest BCUT2D eigenvalue weighted by molar-refractivity contribution is 5.92. The van der Waals surface area contributed by atoms with Crippen molar-refractivity contribution in [1.29, 1.82) is 0 Å². The Hall–Kier alpha value is -1.40. The molecule has 1 aliphatic heterocycles. The lowest BCUT2D eigenvalue weighted by atomic mass is 10.1. The van der Waals surface area contributed by atoms with Gasteiger partial charge in [-0.05, 0) is 32.1 Å². The molecule has 1 saturated heterocycles. The minimum atomic E-state index is -0.162. The number of carbonyl (C=O) groups is 1. The van der Waals surface area contributed by atoms with Crippen molar-refractivity contribution < 1.29 is 14.4 Å². The zero-order chi connectivity index (χ0) is 14.4. The first kappa shape index (κ1) is 13.3. The van der Waals surface area contributed by atoms with Crippen molar-refractivity contribution in [3.63, 3.8) is 0 Å². The molecule has 0 unspecified atom stereocenters. The topological polar surface area (TPSA) is 78.6 Å². The molecule has 3 fully saturated rings. The van der Waals surface area contributed by atoms with Crippen LogP contribution in [0.5, 0.6) is 0 Å². The smallest absolute Gasteiger partial charge is 0.273 e. The number of hydrogen-bond acceptors (Lipinski definition) is 5. The molecule has 2 N–H and O–H groups in total. The lowest BCUT2D eigenvalue weighted by molar-refractivity contribution is 0.0928. The van der Waals surface area contributed by atoms with Crippen molar-refractivity contribution >= 4 is 5.91 Å². The van der Waals surface area contributed by atoms with Crippen LogP contribution in [0.3, 0.4) is 0 Å². The summed E-state index contributed by atoms with van der Waals surface area (Å²) in [4.78, 5) is 14.6. The van der Waals surface area contributed by atoms with Gasteiger partial charge in [0.05, 0.1) is 6.61 Å². The van der Waals surface area contributed by atoms with Gasteiger partial charge in [-0.25, -0.2) is 0 Å². The van der Waals surface area contributed by atoms with Crippen LogP contribution in [0.4, 0.5) is 0 Å². The molecule has 2 aliphatic carbocycles. The van der Waals surface area contributed by atoms with Gasteiger partial charge in [0.25, 0.3) is 5.91 Å². The fourth-order valence-corrected chi connectivity index (χ4v) is 3.30. The van der Waals surface area contributed by atoms with E-state index in [0.717, 1.165) is 31.6 Å². The highest BCUT2D eigenvalue weighted by atomic mass is 16.5. The van der Waals surface area contributed by atoms with Gasteiger partial charge in [-0.3, -0.25) is 9.69 Å². The summed E-state index contributed by atoms with van der Waals surface area (Å²) in [5.74, 6) is 1.14. The van der Waals surface area contributed by atoms with Crippen molar-refractivity contribution in [2.24, 2.45) is 0 Å². The monoisotopic (exact) mass is 291 g/mol. The van der Waals surface area contributed by atoms with E-state index in [9.17, 15) is 9.90 Å². The van der Waals surface area contributed by atoms with E-state index in [-0.39, 0.29) is 24.6 Å². The van der Waals surface area contributed by atoms with Crippen LogP contribution >= 0.6 is 0 Å². The summed E-state index contributed by atoms with van der Waals surface area (Å²) in [7, 11) is 0. The fraction of sp³-hybridized carbons (Fsp3) is 0.733. The molecule has 1 amide bonds. The standard InChI is InChI=1S/C15H21N3O3/c19-8-12-5-10(7-18(12)11-3-4-11)16-15(20)13-6-14(21-17-13)9-1-2-9/h6,9-12,19H,1-5,7-8H2,(H,16,20)/t10-,12-/m1/s1. The van der Waals surface area contributed by atoms with Crippen LogP contribution < -0.4 is 5.32 Å². The molecule has 0 bridgehead atoms. The number of amides is 1. The Balaban J connectivity index is 1.37. The van der Waals surface area contributed by atoms with Gasteiger partial charge in [-0.1, -0.05) is 5.16 Å². The maximum atomic E-state index is 12.2. The van der Waals surface area contributed by atoms with Crippen LogP contribution in [0.1, 0.15) is 54.3 Å². The van der Waals surface area contributed by atoms with Crippen molar-refractivity contribution in [2.45, 2.75) is 56.1 Å². The number of likely N-dealkylation sites (tertiary alicyclic amines) is 1. The lowest BCUT2D eigenvalue weighted by Gasteiger charge is -2.21. The SMILES string of the molecule is O=C(N[C@@H]1C[C@H](CO)N(C2CC2)C1)c1cc(C2CC2)on1. The summed E-state index contributed by atoms with van der Waals surface area (Å²) in [6.45, 7) is 0.994. The summed E-state index contributed by atoms with van der Waals surface area (Å²) in [6.07, 6.45) is 5.50. The second-order valence-corrected chi connectivity index (χ2v) is 6.56. The molecule has 2 atom stereocenters. The molecule has 21 heavy (non-hydrogen) atoms. The Morgan fingerprint density at radius 2 is 2.24 bits per heavy atom. The summed E-state index contributed by atoms with van der Waals surface area (Å²) >= 11 is 0. The third-order valence-corrected chi connectivity index (χ3v) is 4.76. The third-order valence-electron chi connectivity index (χ3n) is 4.76. The molecule has 3 aliphatic rings. The van der Waals surface area contributed by atoms with E-state index in [1.807, 2.05) is 0 Å². The van der Waals surface area contributed by atoms with E-state index < -0.39 is 0 Å². The van der Waals surface area contributed by atoms with Crippen molar-refractivity contribution in [2.75, 3.05) is 13.2 Å². The molecule has 1 aromatic rings. The van der Waals surface area contributed by atoms with Gasteiger partial charge in [0, 0.05) is 36.7 Å². The Labute approximate surface area is 123 Å². The summed E-state index contributed by atoms with van der Waals surface area (Å²) in [6, 6.07) is 2.65. The van der Waals surface area contributed by atoms with Gasteiger partial charge in [0.15, 0.2) is 5.69 Å². The summed E-state index contributed by atoms with van der Waals surface area (Å²) < 4.78 is 5.22. The summed E-state index contributed by atoms with van der Waals surface area (Å²) in [5, 5.41) is 16.4. The molecule has 0 aromatic carbocycles. The predicted molar refractivity (Wildman–Crippen MR) is 75.0 cm³/mol. The number of aromatic nitrogens is 1. The van der Waals surface area contributed by atoms with Crippen molar-refractivity contribution in [1.82, 2.24) is 15.4 Å². The van der Waals surface area contributed by atoms with Crippen LogP contribution in [-0.2, 0) is 0 Å². The Morgan fingerprint density at radius 3 is 2.90 bits per heavy atom. The second kappa shape index (κ2) is 5.10. The minimum absolute atomic E-state index is 0.0938. The summed E-state index contributed by atoms with van der Waals surface area (Å²) in [5.41, 5.74) is 0.377.